The Hall–Kier alpha value is -1.85. The molecule has 0 aliphatic carbocycles. The monoisotopic (exact) mass is 278 g/mol. The Labute approximate surface area is 119 Å². The van der Waals surface area contributed by atoms with Gasteiger partial charge in [0.25, 0.3) is 11.8 Å². The van der Waals surface area contributed by atoms with Crippen molar-refractivity contribution in [2.24, 2.45) is 0 Å². The highest BCUT2D eigenvalue weighted by Crippen LogP contribution is 2.14. The topological polar surface area (TPSA) is 78.1 Å². The molecule has 6 heteroatoms. The van der Waals surface area contributed by atoms with Gasteiger partial charge in [-0.1, -0.05) is 12.8 Å². The fraction of sp³-hybridized carbons (Fsp3) is 0.643. The standard InChI is InChI=1S/C14H22N4O2/c1-10(2)17-13(19)11-12(16-9-15-11)14(20)18-7-5-3-4-6-8-18/h9-10H,3-8H2,1-2H3,(H,15,16)(H,17,19). The van der Waals surface area contributed by atoms with E-state index in [1.165, 1.54) is 6.33 Å². The zero-order chi connectivity index (χ0) is 14.5. The molecule has 0 saturated carbocycles. The molecule has 2 N–H and O–H groups in total. The second-order valence-corrected chi connectivity index (χ2v) is 5.46. The third-order valence-electron chi connectivity index (χ3n) is 3.38. The number of amides is 2. The number of hydrogen-bond acceptors (Lipinski definition) is 3. The van der Waals surface area contributed by atoms with Gasteiger partial charge >= 0.3 is 0 Å². The van der Waals surface area contributed by atoms with Crippen molar-refractivity contribution in [3.8, 4) is 0 Å². The lowest BCUT2D eigenvalue weighted by Gasteiger charge is -2.19. The summed E-state index contributed by atoms with van der Waals surface area (Å²) < 4.78 is 0. The molecule has 6 nitrogen and oxygen atoms in total. The van der Waals surface area contributed by atoms with E-state index in [1.807, 2.05) is 18.7 Å². The van der Waals surface area contributed by atoms with Crippen LogP contribution in [0, 0.1) is 0 Å². The van der Waals surface area contributed by atoms with E-state index < -0.39 is 0 Å². The van der Waals surface area contributed by atoms with Gasteiger partial charge < -0.3 is 15.2 Å². The minimum atomic E-state index is -0.306. The fourth-order valence-electron chi connectivity index (χ4n) is 2.39. The van der Waals surface area contributed by atoms with Crippen LogP contribution in [0.15, 0.2) is 6.33 Å². The Morgan fingerprint density at radius 1 is 1.25 bits per heavy atom. The van der Waals surface area contributed by atoms with Crippen molar-refractivity contribution >= 4 is 11.8 Å². The number of hydrogen-bond donors (Lipinski definition) is 2. The van der Waals surface area contributed by atoms with Crippen molar-refractivity contribution in [2.45, 2.75) is 45.6 Å². The normalized spacial score (nSPS) is 16.1. The molecular formula is C14H22N4O2. The van der Waals surface area contributed by atoms with E-state index in [0.717, 1.165) is 38.8 Å². The first-order valence-corrected chi connectivity index (χ1v) is 7.23. The smallest absolute Gasteiger partial charge is 0.272 e. The summed E-state index contributed by atoms with van der Waals surface area (Å²) in [6, 6.07) is 0.0142. The van der Waals surface area contributed by atoms with Gasteiger partial charge in [-0.15, -0.1) is 0 Å². The lowest BCUT2D eigenvalue weighted by molar-refractivity contribution is 0.0748. The van der Waals surface area contributed by atoms with Crippen molar-refractivity contribution in [1.82, 2.24) is 20.2 Å². The molecule has 0 spiro atoms. The average Bonchev–Trinajstić information content (AvgIpc) is 2.72. The third kappa shape index (κ3) is 3.37. The molecule has 0 radical (unpaired) electrons. The van der Waals surface area contributed by atoms with Gasteiger partial charge in [0.05, 0.1) is 6.33 Å². The molecule has 0 aromatic carbocycles. The van der Waals surface area contributed by atoms with E-state index in [9.17, 15) is 9.59 Å². The summed E-state index contributed by atoms with van der Waals surface area (Å²) in [5, 5.41) is 2.76. The molecule has 1 fully saturated rings. The summed E-state index contributed by atoms with van der Waals surface area (Å²) in [6.07, 6.45) is 5.77. The predicted octanol–water partition coefficient (Wildman–Crippen LogP) is 1.56. The molecule has 2 amide bonds. The maximum absolute atomic E-state index is 12.5. The molecule has 110 valence electrons. The third-order valence-corrected chi connectivity index (χ3v) is 3.38. The molecular weight excluding hydrogens is 256 g/mol. The van der Waals surface area contributed by atoms with Gasteiger partial charge in [-0.2, -0.15) is 0 Å². The van der Waals surface area contributed by atoms with Crippen LogP contribution in [0.1, 0.15) is 60.5 Å². The second-order valence-electron chi connectivity index (χ2n) is 5.46. The number of H-pyrrole nitrogens is 1. The summed E-state index contributed by atoms with van der Waals surface area (Å²) in [4.78, 5) is 33.1. The Balaban J connectivity index is 2.14. The van der Waals surface area contributed by atoms with Crippen LogP contribution in [0.4, 0.5) is 0 Å². The largest absolute Gasteiger partial charge is 0.348 e. The number of carbonyl (C=O) groups excluding carboxylic acids is 2. The van der Waals surface area contributed by atoms with E-state index in [-0.39, 0.29) is 23.6 Å². The summed E-state index contributed by atoms with van der Waals surface area (Å²) in [6.45, 7) is 5.26. The summed E-state index contributed by atoms with van der Waals surface area (Å²) in [5.74, 6) is -0.433. The van der Waals surface area contributed by atoms with Crippen molar-refractivity contribution in [1.29, 1.82) is 0 Å². The molecule has 20 heavy (non-hydrogen) atoms. The van der Waals surface area contributed by atoms with Gasteiger partial charge in [-0.3, -0.25) is 9.59 Å². The molecule has 1 aromatic heterocycles. The Bertz CT molecular complexity index is 473. The van der Waals surface area contributed by atoms with E-state index >= 15 is 0 Å². The minimum absolute atomic E-state index is 0.0142. The summed E-state index contributed by atoms with van der Waals surface area (Å²) >= 11 is 0. The van der Waals surface area contributed by atoms with Crippen LogP contribution in [0.25, 0.3) is 0 Å². The molecule has 2 rings (SSSR count). The molecule has 0 unspecified atom stereocenters. The first-order valence-electron chi connectivity index (χ1n) is 7.23. The number of imidazole rings is 1. The van der Waals surface area contributed by atoms with Crippen LogP contribution >= 0.6 is 0 Å². The lowest BCUT2D eigenvalue weighted by Crippen LogP contribution is -2.36. The van der Waals surface area contributed by atoms with Crippen molar-refractivity contribution in [3.63, 3.8) is 0 Å². The molecule has 1 aliphatic rings. The Morgan fingerprint density at radius 2 is 1.90 bits per heavy atom. The zero-order valence-corrected chi connectivity index (χ0v) is 12.1. The quantitative estimate of drug-likeness (QED) is 0.880. The highest BCUT2D eigenvalue weighted by Gasteiger charge is 2.25. The number of carbonyl (C=O) groups is 2. The Kier molecular flexibility index (Phi) is 4.76. The van der Waals surface area contributed by atoms with E-state index in [0.29, 0.717) is 5.69 Å². The SMILES string of the molecule is CC(C)NC(=O)c1nc[nH]c1C(=O)N1CCCCCC1. The molecule has 1 aromatic rings. The molecule has 1 saturated heterocycles. The molecule has 2 heterocycles. The van der Waals surface area contributed by atoms with Gasteiger partial charge in [0.2, 0.25) is 0 Å². The van der Waals surface area contributed by atoms with Crippen molar-refractivity contribution in [3.05, 3.63) is 17.7 Å². The molecule has 1 aliphatic heterocycles. The maximum Gasteiger partial charge on any atom is 0.272 e. The van der Waals surface area contributed by atoms with E-state index in [2.05, 4.69) is 15.3 Å². The van der Waals surface area contributed by atoms with Crippen molar-refractivity contribution < 1.29 is 9.59 Å². The van der Waals surface area contributed by atoms with Gasteiger partial charge in [-0.05, 0) is 26.7 Å². The van der Waals surface area contributed by atoms with Gasteiger partial charge in [0, 0.05) is 19.1 Å². The second kappa shape index (κ2) is 6.54. The Morgan fingerprint density at radius 3 is 2.50 bits per heavy atom. The summed E-state index contributed by atoms with van der Waals surface area (Å²) in [5.41, 5.74) is 0.484. The number of aromatic amines is 1. The van der Waals surface area contributed by atoms with Crippen LogP contribution in [0.5, 0.6) is 0 Å². The molecule has 0 bridgehead atoms. The number of likely N-dealkylation sites (tertiary alicyclic amines) is 1. The number of nitrogens with one attached hydrogen (secondary N) is 2. The minimum Gasteiger partial charge on any atom is -0.348 e. The van der Waals surface area contributed by atoms with Crippen LogP contribution in [-0.4, -0.2) is 45.8 Å². The van der Waals surface area contributed by atoms with E-state index in [4.69, 9.17) is 0 Å². The highest BCUT2D eigenvalue weighted by molar-refractivity contribution is 6.04. The van der Waals surface area contributed by atoms with Crippen LogP contribution in [0.3, 0.4) is 0 Å². The zero-order valence-electron chi connectivity index (χ0n) is 12.1. The maximum atomic E-state index is 12.5. The van der Waals surface area contributed by atoms with Crippen LogP contribution in [0.2, 0.25) is 0 Å². The molecule has 0 atom stereocenters. The van der Waals surface area contributed by atoms with Crippen LogP contribution < -0.4 is 5.32 Å². The van der Waals surface area contributed by atoms with Gasteiger partial charge in [0.15, 0.2) is 5.69 Å². The highest BCUT2D eigenvalue weighted by atomic mass is 16.2. The van der Waals surface area contributed by atoms with Gasteiger partial charge in [0.1, 0.15) is 5.69 Å². The first kappa shape index (κ1) is 14.6. The van der Waals surface area contributed by atoms with Crippen molar-refractivity contribution in [2.75, 3.05) is 13.1 Å². The summed E-state index contributed by atoms with van der Waals surface area (Å²) in [7, 11) is 0. The number of nitrogens with zero attached hydrogens (tertiary/aromatic N) is 2. The fourth-order valence-corrected chi connectivity index (χ4v) is 2.39. The van der Waals surface area contributed by atoms with Gasteiger partial charge in [-0.25, -0.2) is 4.98 Å². The van der Waals surface area contributed by atoms with E-state index in [1.54, 1.807) is 0 Å². The van der Waals surface area contributed by atoms with Crippen LogP contribution in [-0.2, 0) is 0 Å². The first-order chi connectivity index (χ1) is 9.59. The lowest BCUT2D eigenvalue weighted by atomic mass is 10.2. The number of aromatic nitrogens is 2. The predicted molar refractivity (Wildman–Crippen MR) is 75.6 cm³/mol. The average molecular weight is 278 g/mol. The number of rotatable bonds is 3.